The first-order valence-corrected chi connectivity index (χ1v) is 7.73. The molecule has 1 aromatic carbocycles. The van der Waals surface area contributed by atoms with Crippen molar-refractivity contribution < 1.29 is 17.9 Å². The van der Waals surface area contributed by atoms with E-state index in [1.807, 2.05) is 0 Å². The first-order valence-electron chi connectivity index (χ1n) is 5.88. The molecule has 0 radical (unpaired) electrons. The number of carbonyl (C=O) groups excluding carboxylic acids is 1. The van der Waals surface area contributed by atoms with Crippen molar-refractivity contribution in [3.05, 3.63) is 29.8 Å². The van der Waals surface area contributed by atoms with Crippen LogP contribution in [0.4, 0.5) is 5.69 Å². The molecular formula is C13H16N2O4S. The SMILES string of the molecule is Cc1ccccc1N(CC(=O)O[C@H](C)C#N)S(C)(=O)=O. The Morgan fingerprint density at radius 2 is 2.05 bits per heavy atom. The molecule has 1 aromatic rings. The van der Waals surface area contributed by atoms with Crippen molar-refractivity contribution in [2.24, 2.45) is 0 Å². The Bertz CT molecular complexity index is 634. The van der Waals surface area contributed by atoms with Gasteiger partial charge in [0.15, 0.2) is 6.10 Å². The van der Waals surface area contributed by atoms with Gasteiger partial charge < -0.3 is 4.74 Å². The summed E-state index contributed by atoms with van der Waals surface area (Å²) in [4.78, 5) is 11.7. The zero-order chi connectivity index (χ0) is 15.3. The van der Waals surface area contributed by atoms with Gasteiger partial charge in [-0.05, 0) is 25.5 Å². The molecule has 0 fully saturated rings. The second-order valence-electron chi connectivity index (χ2n) is 4.32. The van der Waals surface area contributed by atoms with Gasteiger partial charge in [0.2, 0.25) is 10.0 Å². The van der Waals surface area contributed by atoms with E-state index in [0.717, 1.165) is 16.1 Å². The van der Waals surface area contributed by atoms with Gasteiger partial charge in [-0.15, -0.1) is 0 Å². The molecular weight excluding hydrogens is 280 g/mol. The van der Waals surface area contributed by atoms with Gasteiger partial charge in [0, 0.05) is 0 Å². The molecule has 0 aromatic heterocycles. The van der Waals surface area contributed by atoms with E-state index in [0.29, 0.717) is 5.69 Å². The van der Waals surface area contributed by atoms with Crippen LogP contribution in [-0.2, 0) is 19.6 Å². The molecule has 0 saturated heterocycles. The van der Waals surface area contributed by atoms with Gasteiger partial charge in [-0.1, -0.05) is 18.2 Å². The van der Waals surface area contributed by atoms with Crippen LogP contribution in [0.2, 0.25) is 0 Å². The third-order valence-corrected chi connectivity index (χ3v) is 3.67. The standard InChI is InChI=1S/C13H16N2O4S/c1-10-6-4-5-7-12(10)15(20(3,17)18)9-13(16)19-11(2)8-14/h4-7,11H,9H2,1-3H3/t11-/m1/s1. The van der Waals surface area contributed by atoms with Crippen molar-refractivity contribution in [3.63, 3.8) is 0 Å². The molecule has 20 heavy (non-hydrogen) atoms. The summed E-state index contributed by atoms with van der Waals surface area (Å²) in [7, 11) is -3.63. The van der Waals surface area contributed by atoms with Crippen LogP contribution >= 0.6 is 0 Å². The van der Waals surface area contributed by atoms with Crippen LogP contribution in [0.1, 0.15) is 12.5 Å². The van der Waals surface area contributed by atoms with Gasteiger partial charge in [0.1, 0.15) is 12.6 Å². The molecule has 0 heterocycles. The number of nitriles is 1. The summed E-state index contributed by atoms with van der Waals surface area (Å²) < 4.78 is 29.4. The fourth-order valence-corrected chi connectivity index (χ4v) is 2.50. The number of anilines is 1. The van der Waals surface area contributed by atoms with Crippen LogP contribution in [-0.4, -0.2) is 33.3 Å². The number of nitrogens with zero attached hydrogens (tertiary/aromatic N) is 2. The molecule has 1 atom stereocenters. The van der Waals surface area contributed by atoms with Crippen molar-refractivity contribution in [2.45, 2.75) is 20.0 Å². The minimum Gasteiger partial charge on any atom is -0.446 e. The van der Waals surface area contributed by atoms with E-state index < -0.39 is 28.6 Å². The summed E-state index contributed by atoms with van der Waals surface area (Å²) in [6.07, 6.45) is 0.0984. The number of carbonyl (C=O) groups is 1. The first kappa shape index (κ1) is 16.0. The Kier molecular flexibility index (Phi) is 5.11. The number of ether oxygens (including phenoxy) is 1. The molecule has 0 aliphatic rings. The predicted molar refractivity (Wildman–Crippen MR) is 74.5 cm³/mol. The highest BCUT2D eigenvalue weighted by molar-refractivity contribution is 7.92. The second kappa shape index (κ2) is 6.39. The van der Waals surface area contributed by atoms with Crippen molar-refractivity contribution >= 4 is 21.7 Å². The highest BCUT2D eigenvalue weighted by atomic mass is 32.2. The van der Waals surface area contributed by atoms with E-state index in [9.17, 15) is 13.2 Å². The molecule has 0 N–H and O–H groups in total. The molecule has 108 valence electrons. The summed E-state index contributed by atoms with van der Waals surface area (Å²) in [5.41, 5.74) is 1.13. The molecule has 0 amide bonds. The maximum Gasteiger partial charge on any atom is 0.328 e. The molecule has 0 spiro atoms. The van der Waals surface area contributed by atoms with Crippen molar-refractivity contribution in [1.29, 1.82) is 5.26 Å². The molecule has 6 nitrogen and oxygen atoms in total. The van der Waals surface area contributed by atoms with Gasteiger partial charge in [-0.2, -0.15) is 5.26 Å². The Labute approximate surface area is 118 Å². The summed E-state index contributed by atoms with van der Waals surface area (Å²) in [6, 6.07) is 8.56. The lowest BCUT2D eigenvalue weighted by Gasteiger charge is -2.23. The summed E-state index contributed by atoms with van der Waals surface area (Å²) >= 11 is 0. The maximum atomic E-state index is 11.8. The third-order valence-electron chi connectivity index (χ3n) is 2.55. The van der Waals surface area contributed by atoms with Gasteiger partial charge in [0.05, 0.1) is 11.9 Å². The van der Waals surface area contributed by atoms with E-state index in [2.05, 4.69) is 0 Å². The predicted octanol–water partition coefficient (Wildman–Crippen LogP) is 1.22. The van der Waals surface area contributed by atoms with Gasteiger partial charge in [-0.3, -0.25) is 9.10 Å². The Morgan fingerprint density at radius 3 is 2.55 bits per heavy atom. The van der Waals surface area contributed by atoms with Gasteiger partial charge >= 0.3 is 5.97 Å². The second-order valence-corrected chi connectivity index (χ2v) is 6.22. The number of aryl methyl sites for hydroxylation is 1. The monoisotopic (exact) mass is 296 g/mol. The Balaban J connectivity index is 3.03. The number of benzene rings is 1. The lowest BCUT2D eigenvalue weighted by atomic mass is 10.2. The average Bonchev–Trinajstić information content (AvgIpc) is 2.35. The van der Waals surface area contributed by atoms with Crippen molar-refractivity contribution in [3.8, 4) is 6.07 Å². The van der Waals surface area contributed by atoms with Crippen molar-refractivity contribution in [1.82, 2.24) is 0 Å². The smallest absolute Gasteiger partial charge is 0.328 e. The van der Waals surface area contributed by atoms with Crippen molar-refractivity contribution in [2.75, 3.05) is 17.1 Å². The maximum absolute atomic E-state index is 11.8. The molecule has 0 bridgehead atoms. The molecule has 0 aliphatic heterocycles. The lowest BCUT2D eigenvalue weighted by Crippen LogP contribution is -2.37. The topological polar surface area (TPSA) is 87.5 Å². The minimum absolute atomic E-state index is 0.413. The Hall–Kier alpha value is -2.07. The lowest BCUT2D eigenvalue weighted by molar-refractivity contribution is -0.143. The molecule has 7 heteroatoms. The summed E-state index contributed by atoms with van der Waals surface area (Å²) in [5.74, 6) is -0.771. The van der Waals surface area contributed by atoms with Crippen LogP contribution in [0.3, 0.4) is 0 Å². The number of hydrogen-bond donors (Lipinski definition) is 0. The number of esters is 1. The summed E-state index contributed by atoms with van der Waals surface area (Å²) in [6.45, 7) is 2.70. The number of para-hydroxylation sites is 1. The fraction of sp³-hybridized carbons (Fsp3) is 0.385. The minimum atomic E-state index is -3.63. The van der Waals surface area contributed by atoms with E-state index in [1.54, 1.807) is 37.3 Å². The van der Waals surface area contributed by atoms with Crippen LogP contribution < -0.4 is 4.31 Å². The average molecular weight is 296 g/mol. The normalized spacial score (nSPS) is 12.3. The van der Waals surface area contributed by atoms with Crippen LogP contribution in [0.25, 0.3) is 0 Å². The number of sulfonamides is 1. The Morgan fingerprint density at radius 1 is 1.45 bits per heavy atom. The quantitative estimate of drug-likeness (QED) is 0.762. The van der Waals surface area contributed by atoms with E-state index in [1.165, 1.54) is 6.92 Å². The third kappa shape index (κ3) is 4.24. The molecule has 0 aliphatic carbocycles. The van der Waals surface area contributed by atoms with E-state index in [-0.39, 0.29) is 0 Å². The fourth-order valence-electron chi connectivity index (χ4n) is 1.60. The number of hydrogen-bond acceptors (Lipinski definition) is 5. The van der Waals surface area contributed by atoms with Crippen LogP contribution in [0.15, 0.2) is 24.3 Å². The number of rotatable bonds is 5. The van der Waals surface area contributed by atoms with Crippen LogP contribution in [0.5, 0.6) is 0 Å². The molecule has 0 saturated carbocycles. The van der Waals surface area contributed by atoms with E-state index >= 15 is 0 Å². The summed E-state index contributed by atoms with van der Waals surface area (Å²) in [5, 5.41) is 8.58. The highest BCUT2D eigenvalue weighted by Gasteiger charge is 2.23. The zero-order valence-electron chi connectivity index (χ0n) is 11.5. The largest absolute Gasteiger partial charge is 0.446 e. The highest BCUT2D eigenvalue weighted by Crippen LogP contribution is 2.21. The zero-order valence-corrected chi connectivity index (χ0v) is 12.3. The van der Waals surface area contributed by atoms with Gasteiger partial charge in [0.25, 0.3) is 0 Å². The van der Waals surface area contributed by atoms with Crippen LogP contribution in [0, 0.1) is 18.3 Å². The van der Waals surface area contributed by atoms with E-state index in [4.69, 9.17) is 10.00 Å². The first-order chi connectivity index (χ1) is 9.25. The molecule has 1 rings (SSSR count). The molecule has 0 unspecified atom stereocenters. The van der Waals surface area contributed by atoms with Gasteiger partial charge in [-0.25, -0.2) is 8.42 Å².